The summed E-state index contributed by atoms with van der Waals surface area (Å²) < 4.78 is 26.9. The summed E-state index contributed by atoms with van der Waals surface area (Å²) in [6.07, 6.45) is 2.23. The minimum atomic E-state index is -0.700. The van der Waals surface area contributed by atoms with Crippen molar-refractivity contribution in [2.45, 2.75) is 30.7 Å². The van der Waals surface area contributed by atoms with Gasteiger partial charge in [0, 0.05) is 37.8 Å². The molecular formula is C25H37N3O10S2. The van der Waals surface area contributed by atoms with Crippen molar-refractivity contribution in [3.05, 3.63) is 24.4 Å². The van der Waals surface area contributed by atoms with Crippen LogP contribution in [0.25, 0.3) is 0 Å². The molecule has 224 valence electrons. The van der Waals surface area contributed by atoms with E-state index in [1.807, 2.05) is 18.2 Å². The van der Waals surface area contributed by atoms with Crippen LogP contribution in [-0.4, -0.2) is 112 Å². The zero-order valence-electron chi connectivity index (χ0n) is 22.4. The van der Waals surface area contributed by atoms with Gasteiger partial charge < -0.3 is 33.8 Å². The fourth-order valence-corrected chi connectivity index (χ4v) is 4.80. The quantitative estimate of drug-likeness (QED) is 0.103. The Morgan fingerprint density at radius 3 is 1.95 bits per heavy atom. The molecule has 15 heteroatoms. The molecule has 2 rings (SSSR count). The Hall–Kier alpha value is -2.27. The number of hydroxylamine groups is 2. The van der Waals surface area contributed by atoms with Crippen LogP contribution in [0.2, 0.25) is 0 Å². The van der Waals surface area contributed by atoms with Crippen LogP contribution in [-0.2, 0) is 47.7 Å². The largest absolute Gasteiger partial charge is 0.378 e. The summed E-state index contributed by atoms with van der Waals surface area (Å²) in [5.74, 6) is -1.02. The van der Waals surface area contributed by atoms with Crippen molar-refractivity contribution < 1.29 is 47.7 Å². The van der Waals surface area contributed by atoms with Gasteiger partial charge in [0.2, 0.25) is 5.91 Å². The number of pyridine rings is 1. The predicted molar refractivity (Wildman–Crippen MR) is 146 cm³/mol. The monoisotopic (exact) mass is 603 g/mol. The van der Waals surface area contributed by atoms with Gasteiger partial charge in [-0.1, -0.05) is 16.9 Å². The number of amides is 3. The van der Waals surface area contributed by atoms with Crippen molar-refractivity contribution in [3.8, 4) is 0 Å². The molecule has 40 heavy (non-hydrogen) atoms. The van der Waals surface area contributed by atoms with Crippen molar-refractivity contribution in [1.82, 2.24) is 15.4 Å². The molecule has 13 nitrogen and oxygen atoms in total. The van der Waals surface area contributed by atoms with E-state index in [-0.39, 0.29) is 38.4 Å². The Morgan fingerprint density at radius 2 is 1.38 bits per heavy atom. The highest BCUT2D eigenvalue weighted by Gasteiger charge is 2.32. The van der Waals surface area contributed by atoms with Crippen LogP contribution in [0.15, 0.2) is 29.4 Å². The van der Waals surface area contributed by atoms with Gasteiger partial charge in [-0.3, -0.25) is 14.4 Å². The Labute approximate surface area is 241 Å². The number of rotatable bonds is 24. The second-order valence-electron chi connectivity index (χ2n) is 8.03. The minimum Gasteiger partial charge on any atom is -0.378 e. The van der Waals surface area contributed by atoms with Crippen LogP contribution >= 0.6 is 21.6 Å². The summed E-state index contributed by atoms with van der Waals surface area (Å²) >= 11 is 0. The first kappa shape index (κ1) is 33.9. The van der Waals surface area contributed by atoms with Crippen LogP contribution in [0.4, 0.5) is 0 Å². The van der Waals surface area contributed by atoms with E-state index in [4.69, 9.17) is 28.5 Å². The van der Waals surface area contributed by atoms with Gasteiger partial charge in [0.1, 0.15) is 5.03 Å². The zero-order valence-corrected chi connectivity index (χ0v) is 24.0. The summed E-state index contributed by atoms with van der Waals surface area (Å²) in [4.78, 5) is 55.1. The lowest BCUT2D eigenvalue weighted by Gasteiger charge is -2.12. The maximum atomic E-state index is 11.8. The first-order valence-corrected chi connectivity index (χ1v) is 15.3. The minimum absolute atomic E-state index is 0.00295. The summed E-state index contributed by atoms with van der Waals surface area (Å²) in [5.41, 5.74) is 0. The number of hydrogen-bond acceptors (Lipinski definition) is 13. The standard InChI is InChI=1S/C25H37N3O10S2/c29-21(7-20-39-40-22-3-1-2-8-27-22)26-9-11-34-13-15-36-17-19-37-18-16-35-14-12-33-10-6-25(32)38-28-23(30)4-5-24(28)31/h1-3,8H,4-7,9-20H2,(H,26,29). The highest BCUT2D eigenvalue weighted by Crippen LogP contribution is 2.29. The van der Waals surface area contributed by atoms with E-state index in [1.54, 1.807) is 27.8 Å². The fourth-order valence-electron chi connectivity index (χ4n) is 2.93. The van der Waals surface area contributed by atoms with Crippen LogP contribution in [0.5, 0.6) is 0 Å². The third kappa shape index (κ3) is 16.7. The smallest absolute Gasteiger partial charge is 0.335 e. The molecule has 2 heterocycles. The van der Waals surface area contributed by atoms with E-state index >= 15 is 0 Å². The van der Waals surface area contributed by atoms with Crippen LogP contribution in [0.1, 0.15) is 25.7 Å². The van der Waals surface area contributed by atoms with E-state index in [1.165, 1.54) is 0 Å². The molecule has 1 N–H and O–H groups in total. The molecule has 0 radical (unpaired) electrons. The number of ether oxygens (including phenoxy) is 5. The van der Waals surface area contributed by atoms with E-state index in [2.05, 4.69) is 10.3 Å². The molecule has 0 unspecified atom stereocenters. The molecular weight excluding hydrogens is 566 g/mol. The van der Waals surface area contributed by atoms with Crippen molar-refractivity contribution in [3.63, 3.8) is 0 Å². The first-order valence-electron chi connectivity index (χ1n) is 13.0. The normalized spacial score (nSPS) is 13.2. The molecule has 3 amide bonds. The highest BCUT2D eigenvalue weighted by atomic mass is 33.1. The number of hydrogen-bond donors (Lipinski definition) is 1. The van der Waals surface area contributed by atoms with Gasteiger partial charge in [-0.05, 0) is 22.9 Å². The van der Waals surface area contributed by atoms with Gasteiger partial charge in [-0.2, -0.15) is 0 Å². The summed E-state index contributed by atoms with van der Waals surface area (Å²) in [7, 11) is 3.16. The van der Waals surface area contributed by atoms with Gasteiger partial charge in [0.05, 0.1) is 72.5 Å². The van der Waals surface area contributed by atoms with Crippen LogP contribution in [0, 0.1) is 0 Å². The molecule has 0 atom stereocenters. The first-order chi connectivity index (χ1) is 19.6. The summed E-state index contributed by atoms with van der Waals surface area (Å²) in [5, 5.41) is 4.27. The molecule has 1 saturated heterocycles. The maximum absolute atomic E-state index is 11.8. The second kappa shape index (κ2) is 22.4. The SMILES string of the molecule is O=C(CCSSc1ccccn1)NCCOCCOCCOCCOCCOCCC(=O)ON1C(=O)CCC1=O. The molecule has 0 saturated carbocycles. The lowest BCUT2D eigenvalue weighted by molar-refractivity contribution is -0.198. The van der Waals surface area contributed by atoms with Crippen molar-refractivity contribution >= 4 is 45.3 Å². The van der Waals surface area contributed by atoms with E-state index in [9.17, 15) is 19.2 Å². The third-order valence-electron chi connectivity index (χ3n) is 4.90. The average Bonchev–Trinajstić information content (AvgIpc) is 3.27. The van der Waals surface area contributed by atoms with Gasteiger partial charge in [-0.25, -0.2) is 9.78 Å². The predicted octanol–water partition coefficient (Wildman–Crippen LogP) is 1.41. The highest BCUT2D eigenvalue weighted by molar-refractivity contribution is 8.76. The number of imide groups is 1. The molecule has 1 aromatic heterocycles. The number of aromatic nitrogens is 1. The van der Waals surface area contributed by atoms with E-state index < -0.39 is 17.8 Å². The number of carbonyl (C=O) groups is 4. The lowest BCUT2D eigenvalue weighted by Crippen LogP contribution is -2.32. The van der Waals surface area contributed by atoms with E-state index in [0.717, 1.165) is 5.03 Å². The van der Waals surface area contributed by atoms with Gasteiger partial charge in [0.15, 0.2) is 0 Å². The Kier molecular flexibility index (Phi) is 19.0. The molecule has 0 spiro atoms. The molecule has 0 aliphatic carbocycles. The summed E-state index contributed by atoms with van der Waals surface area (Å²) in [6.45, 7) is 4.12. The second-order valence-corrected chi connectivity index (χ2v) is 10.5. The molecule has 0 aromatic carbocycles. The average molecular weight is 604 g/mol. The Morgan fingerprint density at radius 1 is 0.800 bits per heavy atom. The van der Waals surface area contributed by atoms with Gasteiger partial charge >= 0.3 is 5.97 Å². The topological polar surface area (TPSA) is 152 Å². The van der Waals surface area contributed by atoms with Crippen LogP contribution in [0.3, 0.4) is 0 Å². The molecule has 1 aliphatic rings. The lowest BCUT2D eigenvalue weighted by atomic mass is 10.4. The Bertz CT molecular complexity index is 866. The number of nitrogens with zero attached hydrogens (tertiary/aromatic N) is 2. The molecule has 1 aliphatic heterocycles. The molecule has 1 aromatic rings. The van der Waals surface area contributed by atoms with Crippen molar-refractivity contribution in [2.24, 2.45) is 0 Å². The van der Waals surface area contributed by atoms with Crippen molar-refractivity contribution in [1.29, 1.82) is 0 Å². The number of carbonyl (C=O) groups excluding carboxylic acids is 4. The summed E-state index contributed by atoms with van der Waals surface area (Å²) in [6, 6.07) is 5.74. The van der Waals surface area contributed by atoms with Gasteiger partial charge in [-0.15, -0.1) is 5.06 Å². The molecule has 1 fully saturated rings. The zero-order chi connectivity index (χ0) is 28.7. The maximum Gasteiger partial charge on any atom is 0.335 e. The fraction of sp³-hybridized carbons (Fsp3) is 0.640. The van der Waals surface area contributed by atoms with Crippen molar-refractivity contribution in [2.75, 3.05) is 78.4 Å². The van der Waals surface area contributed by atoms with Crippen LogP contribution < -0.4 is 5.32 Å². The Balaban J connectivity index is 1.23. The third-order valence-corrected chi connectivity index (χ3v) is 7.17. The molecule has 0 bridgehead atoms. The van der Waals surface area contributed by atoms with Gasteiger partial charge in [0.25, 0.3) is 11.8 Å². The van der Waals surface area contributed by atoms with E-state index in [0.29, 0.717) is 76.6 Å². The number of nitrogens with one attached hydrogen (secondary N) is 1.